The molecule has 182 valence electrons. The average Bonchev–Trinajstić information content (AvgIpc) is 3.46. The van der Waals surface area contributed by atoms with Gasteiger partial charge in [0.05, 0.1) is 29.0 Å². The van der Waals surface area contributed by atoms with E-state index in [2.05, 4.69) is 4.98 Å². The predicted octanol–water partition coefficient (Wildman–Crippen LogP) is 3.69. The number of aryl methyl sites for hydroxylation is 3. The van der Waals surface area contributed by atoms with Crippen molar-refractivity contribution in [1.29, 1.82) is 0 Å². The molecule has 0 atom stereocenters. The minimum atomic E-state index is -1.09. The van der Waals surface area contributed by atoms with Crippen LogP contribution in [-0.4, -0.2) is 32.3 Å². The van der Waals surface area contributed by atoms with Gasteiger partial charge in [0, 0.05) is 13.1 Å². The summed E-state index contributed by atoms with van der Waals surface area (Å²) in [6, 6.07) is 7.57. The van der Waals surface area contributed by atoms with Crippen LogP contribution >= 0.6 is 11.3 Å². The van der Waals surface area contributed by atoms with Crippen LogP contribution in [0.15, 0.2) is 50.7 Å². The molecule has 4 aromatic rings. The Bertz CT molecular complexity index is 1530. The number of carbonyl (C=O) groups is 1. The SMILES string of the molecule is COc1ccccc1CCn1c(=O)n(CC2(C(=O)O)CCC2)c(=O)c2c(C)c(-c3ncco3)sc21. The predicted molar refractivity (Wildman–Crippen MR) is 131 cm³/mol. The second kappa shape index (κ2) is 8.84. The Labute approximate surface area is 204 Å². The Balaban J connectivity index is 1.69. The fraction of sp³-hybridized carbons (Fsp3) is 0.360. The molecule has 0 aliphatic heterocycles. The Morgan fingerprint density at radius 1 is 1.26 bits per heavy atom. The zero-order valence-electron chi connectivity index (χ0n) is 19.4. The molecular weight excluding hydrogens is 470 g/mol. The molecule has 1 aliphatic carbocycles. The van der Waals surface area contributed by atoms with Crippen LogP contribution in [0, 0.1) is 12.3 Å². The molecule has 9 nitrogen and oxygen atoms in total. The fourth-order valence-electron chi connectivity index (χ4n) is 4.76. The van der Waals surface area contributed by atoms with Crippen molar-refractivity contribution in [2.45, 2.75) is 45.7 Å². The average molecular weight is 496 g/mol. The highest BCUT2D eigenvalue weighted by Gasteiger charge is 2.45. The Morgan fingerprint density at radius 3 is 2.66 bits per heavy atom. The molecule has 5 rings (SSSR count). The second-order valence-electron chi connectivity index (χ2n) is 8.90. The Hall–Kier alpha value is -3.66. The number of oxazole rings is 1. The third kappa shape index (κ3) is 3.78. The number of benzene rings is 1. The van der Waals surface area contributed by atoms with Crippen LogP contribution in [0.4, 0.5) is 0 Å². The van der Waals surface area contributed by atoms with Crippen LogP contribution in [0.5, 0.6) is 5.75 Å². The lowest BCUT2D eigenvalue weighted by Crippen LogP contribution is -2.49. The van der Waals surface area contributed by atoms with Crippen LogP contribution < -0.4 is 16.0 Å². The number of aliphatic carboxylic acids is 1. The van der Waals surface area contributed by atoms with Gasteiger partial charge in [0.25, 0.3) is 5.56 Å². The summed E-state index contributed by atoms with van der Waals surface area (Å²) in [6.07, 6.45) is 5.12. The molecule has 0 bridgehead atoms. The van der Waals surface area contributed by atoms with E-state index in [1.165, 1.54) is 23.8 Å². The molecule has 0 radical (unpaired) electrons. The van der Waals surface area contributed by atoms with Crippen molar-refractivity contribution < 1.29 is 19.1 Å². The van der Waals surface area contributed by atoms with Gasteiger partial charge in [-0.1, -0.05) is 24.6 Å². The number of hydrogen-bond donors (Lipinski definition) is 1. The van der Waals surface area contributed by atoms with Crippen molar-refractivity contribution in [3.05, 3.63) is 68.7 Å². The van der Waals surface area contributed by atoms with Crippen molar-refractivity contribution in [2.24, 2.45) is 5.41 Å². The summed E-state index contributed by atoms with van der Waals surface area (Å²) < 4.78 is 13.6. The molecular formula is C25H25N3O6S. The highest BCUT2D eigenvalue weighted by atomic mass is 32.1. The van der Waals surface area contributed by atoms with Crippen LogP contribution in [0.25, 0.3) is 21.0 Å². The van der Waals surface area contributed by atoms with Crippen LogP contribution in [-0.2, 0) is 24.3 Å². The molecule has 0 spiro atoms. The largest absolute Gasteiger partial charge is 0.496 e. The lowest BCUT2D eigenvalue weighted by molar-refractivity contribution is -0.155. The van der Waals surface area contributed by atoms with E-state index in [1.807, 2.05) is 24.3 Å². The molecule has 0 unspecified atom stereocenters. The van der Waals surface area contributed by atoms with E-state index < -0.39 is 22.6 Å². The van der Waals surface area contributed by atoms with Crippen molar-refractivity contribution in [3.8, 4) is 16.5 Å². The third-order valence-corrected chi connectivity index (χ3v) is 8.25. The van der Waals surface area contributed by atoms with Crippen molar-refractivity contribution >= 4 is 27.5 Å². The number of thiophene rings is 1. The number of hydrogen-bond acceptors (Lipinski definition) is 7. The molecule has 1 saturated carbocycles. The van der Waals surface area contributed by atoms with E-state index in [-0.39, 0.29) is 6.54 Å². The van der Waals surface area contributed by atoms with E-state index >= 15 is 0 Å². The van der Waals surface area contributed by atoms with Gasteiger partial charge in [0.1, 0.15) is 16.8 Å². The number of methoxy groups -OCH3 is 1. The molecule has 3 heterocycles. The number of carboxylic acid groups (broad SMARTS) is 1. The summed E-state index contributed by atoms with van der Waals surface area (Å²) in [7, 11) is 1.60. The van der Waals surface area contributed by atoms with Gasteiger partial charge >= 0.3 is 11.7 Å². The smallest absolute Gasteiger partial charge is 0.332 e. The summed E-state index contributed by atoms with van der Waals surface area (Å²) in [5, 5.41) is 10.2. The summed E-state index contributed by atoms with van der Waals surface area (Å²) >= 11 is 1.28. The maximum atomic E-state index is 13.7. The zero-order chi connectivity index (χ0) is 24.7. The van der Waals surface area contributed by atoms with E-state index in [9.17, 15) is 19.5 Å². The van der Waals surface area contributed by atoms with Gasteiger partial charge < -0.3 is 14.3 Å². The molecule has 1 aromatic carbocycles. The van der Waals surface area contributed by atoms with Gasteiger partial charge in [-0.05, 0) is 43.4 Å². The Kier molecular flexibility index (Phi) is 5.84. The molecule has 1 aliphatic rings. The maximum Gasteiger partial charge on any atom is 0.332 e. The normalized spacial score (nSPS) is 14.7. The molecule has 0 amide bonds. The topological polar surface area (TPSA) is 117 Å². The van der Waals surface area contributed by atoms with E-state index in [0.29, 0.717) is 58.1 Å². The molecule has 3 aromatic heterocycles. The van der Waals surface area contributed by atoms with E-state index in [1.54, 1.807) is 18.6 Å². The first kappa shape index (κ1) is 23.1. The van der Waals surface area contributed by atoms with Gasteiger partial charge in [0.2, 0.25) is 5.89 Å². The van der Waals surface area contributed by atoms with Gasteiger partial charge in [-0.3, -0.25) is 18.7 Å². The minimum absolute atomic E-state index is 0.145. The number of ether oxygens (including phenoxy) is 1. The van der Waals surface area contributed by atoms with Crippen molar-refractivity contribution in [1.82, 2.24) is 14.1 Å². The first-order valence-corrected chi connectivity index (χ1v) is 12.2. The summed E-state index contributed by atoms with van der Waals surface area (Å²) in [6.45, 7) is 1.95. The van der Waals surface area contributed by atoms with Gasteiger partial charge in [0.15, 0.2) is 0 Å². The first-order chi connectivity index (χ1) is 16.9. The molecule has 1 N–H and O–H groups in total. The number of para-hydroxylation sites is 1. The standard InChI is InChI=1S/C25H25N3O6S/c1-15-18-21(29)28(14-25(23(30)31)9-5-10-25)24(32)27(12-8-16-6-3-4-7-17(16)33-2)22(18)35-19(15)20-26-11-13-34-20/h3-4,6-7,11,13H,5,8-10,12,14H2,1-2H3,(H,30,31). The lowest BCUT2D eigenvalue weighted by Gasteiger charge is -2.37. The van der Waals surface area contributed by atoms with Crippen molar-refractivity contribution in [3.63, 3.8) is 0 Å². The van der Waals surface area contributed by atoms with Crippen molar-refractivity contribution in [2.75, 3.05) is 7.11 Å². The molecule has 10 heteroatoms. The number of fused-ring (bicyclic) bond motifs is 1. The second-order valence-corrected chi connectivity index (χ2v) is 9.90. The van der Waals surface area contributed by atoms with Crippen LogP contribution in [0.2, 0.25) is 0 Å². The molecule has 0 saturated heterocycles. The minimum Gasteiger partial charge on any atom is -0.496 e. The summed E-state index contributed by atoms with van der Waals surface area (Å²) in [5.41, 5.74) is -0.486. The summed E-state index contributed by atoms with van der Waals surface area (Å²) in [5.74, 6) is 0.116. The fourth-order valence-corrected chi connectivity index (χ4v) is 6.02. The number of aromatic nitrogens is 3. The molecule has 1 fully saturated rings. The van der Waals surface area contributed by atoms with Crippen LogP contribution in [0.1, 0.15) is 30.4 Å². The van der Waals surface area contributed by atoms with E-state index in [0.717, 1.165) is 16.6 Å². The third-order valence-electron chi connectivity index (χ3n) is 6.94. The number of nitrogens with zero attached hydrogens (tertiary/aromatic N) is 3. The van der Waals surface area contributed by atoms with Crippen LogP contribution in [0.3, 0.4) is 0 Å². The summed E-state index contributed by atoms with van der Waals surface area (Å²) in [4.78, 5) is 44.8. The van der Waals surface area contributed by atoms with E-state index in [4.69, 9.17) is 9.15 Å². The number of carboxylic acids is 1. The molecule has 35 heavy (non-hydrogen) atoms. The zero-order valence-corrected chi connectivity index (χ0v) is 20.3. The highest BCUT2D eigenvalue weighted by molar-refractivity contribution is 7.22. The quantitative estimate of drug-likeness (QED) is 0.396. The number of rotatable bonds is 8. The van der Waals surface area contributed by atoms with Gasteiger partial charge in [-0.2, -0.15) is 0 Å². The monoisotopic (exact) mass is 495 g/mol. The maximum absolute atomic E-state index is 13.7. The first-order valence-electron chi connectivity index (χ1n) is 11.4. The Morgan fingerprint density at radius 2 is 2.03 bits per heavy atom. The highest BCUT2D eigenvalue weighted by Crippen LogP contribution is 2.42. The lowest BCUT2D eigenvalue weighted by atomic mass is 9.68. The van der Waals surface area contributed by atoms with Gasteiger partial charge in [-0.25, -0.2) is 9.78 Å². The van der Waals surface area contributed by atoms with Gasteiger partial charge in [-0.15, -0.1) is 11.3 Å².